The zero-order valence-electron chi connectivity index (χ0n) is 15.7. The van der Waals surface area contributed by atoms with E-state index in [1.54, 1.807) is 13.1 Å². The van der Waals surface area contributed by atoms with E-state index in [-0.39, 0.29) is 0 Å². The van der Waals surface area contributed by atoms with E-state index in [1.807, 2.05) is 0 Å². The van der Waals surface area contributed by atoms with Crippen LogP contribution in [0, 0.1) is 13.8 Å². The monoisotopic (exact) mass is 444 g/mol. The molecule has 4 aromatic rings. The Hall–Kier alpha value is -1.38. The maximum atomic E-state index is 11.4. The molecule has 0 spiro atoms. The second-order valence-electron chi connectivity index (χ2n) is 6.58. The number of fused-ring (bicyclic) bond motifs is 2. The first kappa shape index (κ1) is 20.9. The van der Waals surface area contributed by atoms with Crippen LogP contribution in [0.1, 0.15) is 11.1 Å². The summed E-state index contributed by atoms with van der Waals surface area (Å²) in [6, 6.07) is 25.7. The topological polar surface area (TPSA) is 0 Å². The third kappa shape index (κ3) is 6.41. The van der Waals surface area contributed by atoms with Gasteiger partial charge in [-0.15, -0.1) is 81.2 Å². The minimum Gasteiger partial charge on any atom is -0.165 e. The third-order valence-corrected chi connectivity index (χ3v) is 10.2. The first-order valence-corrected chi connectivity index (χ1v) is 16.6. The van der Waals surface area contributed by atoms with E-state index in [9.17, 15) is 5.25 Å². The van der Waals surface area contributed by atoms with Crippen LogP contribution in [-0.4, -0.2) is 5.43 Å². The smallest absolute Gasteiger partial charge is 0.0579 e. The van der Waals surface area contributed by atoms with Gasteiger partial charge in [0.25, 0.3) is 0 Å². The summed E-state index contributed by atoms with van der Waals surface area (Å²) in [7, 11) is 0. The molecule has 0 saturated carbocycles. The van der Waals surface area contributed by atoms with Crippen molar-refractivity contribution in [3.05, 3.63) is 83.9 Å². The van der Waals surface area contributed by atoms with E-state index in [1.165, 1.54) is 32.7 Å². The van der Waals surface area contributed by atoms with E-state index in [0.717, 1.165) is 0 Å². The van der Waals surface area contributed by atoms with E-state index in [2.05, 4.69) is 86.6 Å². The fourth-order valence-corrected chi connectivity index (χ4v) is 2.61. The maximum Gasteiger partial charge on any atom is -0.0579 e. The molecule has 0 atom stereocenters. The molecule has 0 radical (unpaired) electrons. The standard InChI is InChI=1S/2C10H9.C2H6Si.2FH.Zr/c2*1-8-6-9-4-2-3-5-10(9)7-8;1-3-2;;;/h2*2-7H,1H3;1-2H3;2*1H;/q2*-1;;;;+2/p-2. The molecular formula is C22H24F2SiZr-2. The van der Waals surface area contributed by atoms with Crippen molar-refractivity contribution < 1.29 is 26.8 Å². The number of benzene rings is 2. The fraction of sp³-hybridized carbons (Fsp3) is 0.182. The Morgan fingerprint density at radius 3 is 1.38 bits per heavy atom. The normalized spacial score (nSPS) is 9.92. The van der Waals surface area contributed by atoms with Crippen molar-refractivity contribution in [2.75, 3.05) is 0 Å². The molecule has 0 bridgehead atoms. The second kappa shape index (κ2) is 10.1. The summed E-state index contributed by atoms with van der Waals surface area (Å²) in [4.78, 5) is 0. The summed E-state index contributed by atoms with van der Waals surface area (Å²) >= 11 is -3.60. The van der Waals surface area contributed by atoms with Crippen molar-refractivity contribution in [2.24, 2.45) is 0 Å². The van der Waals surface area contributed by atoms with Gasteiger partial charge in [0.15, 0.2) is 0 Å². The molecule has 0 heterocycles. The Kier molecular flexibility index (Phi) is 8.12. The molecule has 0 saturated heterocycles. The van der Waals surface area contributed by atoms with E-state index >= 15 is 0 Å². The molecule has 0 aromatic heterocycles. The van der Waals surface area contributed by atoms with Gasteiger partial charge in [-0.05, 0) is 0 Å². The van der Waals surface area contributed by atoms with Gasteiger partial charge >= 0.3 is 45.4 Å². The van der Waals surface area contributed by atoms with Crippen molar-refractivity contribution in [3.8, 4) is 0 Å². The van der Waals surface area contributed by atoms with Crippen LogP contribution in [0.25, 0.3) is 21.5 Å². The maximum absolute atomic E-state index is 11.4. The van der Waals surface area contributed by atoms with Crippen LogP contribution >= 0.6 is 0 Å². The molecule has 4 rings (SSSR count). The molecule has 0 aliphatic carbocycles. The summed E-state index contributed by atoms with van der Waals surface area (Å²) < 4.78 is 22.8. The number of hydrogen-bond donors (Lipinski definition) is 0. The van der Waals surface area contributed by atoms with Crippen molar-refractivity contribution >= 4 is 27.0 Å². The summed E-state index contributed by atoms with van der Waals surface area (Å²) in [5.41, 5.74) is 1.61. The number of halogens is 2. The molecular weight excluding hydrogens is 422 g/mol. The van der Waals surface area contributed by atoms with Crippen LogP contribution in [0.3, 0.4) is 0 Å². The minimum atomic E-state index is -3.60. The van der Waals surface area contributed by atoms with Gasteiger partial charge in [-0.3, -0.25) is 0 Å². The van der Waals surface area contributed by atoms with E-state index < -0.39 is 27.0 Å². The summed E-state index contributed by atoms with van der Waals surface area (Å²) in [6.45, 7) is 7.61. The quantitative estimate of drug-likeness (QED) is 0.196. The molecule has 0 fully saturated rings. The fourth-order valence-electron chi connectivity index (χ4n) is 2.61. The van der Waals surface area contributed by atoms with Gasteiger partial charge in [-0.25, -0.2) is 0 Å². The van der Waals surface area contributed by atoms with Crippen LogP contribution < -0.4 is 0 Å². The van der Waals surface area contributed by atoms with Gasteiger partial charge in [0.2, 0.25) is 0 Å². The molecule has 0 nitrogen and oxygen atoms in total. The van der Waals surface area contributed by atoms with Crippen LogP contribution in [0.15, 0.2) is 72.8 Å². The zero-order chi connectivity index (χ0) is 19.1. The Labute approximate surface area is 164 Å². The van der Waals surface area contributed by atoms with Gasteiger partial charge < -0.3 is 0 Å². The minimum absolute atomic E-state index is 1.09. The van der Waals surface area contributed by atoms with Crippen molar-refractivity contribution in [2.45, 2.75) is 26.9 Å². The Morgan fingerprint density at radius 1 is 0.731 bits per heavy atom. The molecule has 4 aromatic carbocycles. The van der Waals surface area contributed by atoms with Crippen LogP contribution in [-0.2, 0) is 21.6 Å². The summed E-state index contributed by atoms with van der Waals surface area (Å²) in [6.07, 6.45) is 0. The van der Waals surface area contributed by atoms with Crippen LogP contribution in [0.4, 0.5) is 5.25 Å². The zero-order valence-corrected chi connectivity index (χ0v) is 19.1. The van der Waals surface area contributed by atoms with Crippen molar-refractivity contribution in [1.29, 1.82) is 0 Å². The SMILES string of the molecule is C[Si](C)=[Zr]([F])[F].Cc1cc2ccccc2[cH-]1.Cc1cc2ccccc2[cH-]1. The number of aryl methyl sites for hydroxylation is 2. The van der Waals surface area contributed by atoms with Crippen LogP contribution in [0.2, 0.25) is 13.1 Å². The summed E-state index contributed by atoms with van der Waals surface area (Å²) in [5.74, 6) is 0. The van der Waals surface area contributed by atoms with Crippen molar-refractivity contribution in [1.82, 2.24) is 0 Å². The molecule has 0 amide bonds. The van der Waals surface area contributed by atoms with E-state index in [0.29, 0.717) is 0 Å². The molecule has 0 aliphatic rings. The molecule has 0 N–H and O–H groups in total. The predicted molar refractivity (Wildman–Crippen MR) is 108 cm³/mol. The van der Waals surface area contributed by atoms with Gasteiger partial charge in [0.1, 0.15) is 0 Å². The number of hydrogen-bond acceptors (Lipinski definition) is 0. The molecule has 4 heteroatoms. The number of rotatable bonds is 0. The first-order valence-electron chi connectivity index (χ1n) is 8.59. The largest absolute Gasteiger partial charge is 0.165 e. The Morgan fingerprint density at radius 2 is 1.08 bits per heavy atom. The molecule has 136 valence electrons. The van der Waals surface area contributed by atoms with Crippen LogP contribution in [0.5, 0.6) is 0 Å². The van der Waals surface area contributed by atoms with Gasteiger partial charge in [0, 0.05) is 0 Å². The summed E-state index contributed by atoms with van der Waals surface area (Å²) in [5, 5.41) is 5.39. The molecule has 0 aliphatic heterocycles. The third-order valence-electron chi connectivity index (χ3n) is 3.90. The average Bonchev–Trinajstić information content (AvgIpc) is 3.16. The molecule has 0 unspecified atom stereocenters. The Balaban J connectivity index is 0.000000146. The second-order valence-corrected chi connectivity index (χ2v) is 19.5. The Bertz CT molecular complexity index is 855. The van der Waals surface area contributed by atoms with Crippen molar-refractivity contribution in [3.63, 3.8) is 0 Å². The molecule has 26 heavy (non-hydrogen) atoms. The van der Waals surface area contributed by atoms with Gasteiger partial charge in [-0.2, -0.15) is 12.1 Å². The first-order chi connectivity index (χ1) is 12.4. The predicted octanol–water partition coefficient (Wildman–Crippen LogP) is 7.36. The van der Waals surface area contributed by atoms with Gasteiger partial charge in [0.05, 0.1) is 0 Å². The van der Waals surface area contributed by atoms with Gasteiger partial charge in [-0.1, -0.05) is 26.0 Å². The van der Waals surface area contributed by atoms with E-state index in [4.69, 9.17) is 0 Å². The average molecular weight is 446 g/mol.